The number of hydrogen-bond donors (Lipinski definition) is 1. The topological polar surface area (TPSA) is 88.7 Å². The highest BCUT2D eigenvalue weighted by Crippen LogP contribution is 2.26. The van der Waals surface area contributed by atoms with Crippen LogP contribution in [0.3, 0.4) is 0 Å². The van der Waals surface area contributed by atoms with Crippen LogP contribution in [0.4, 0.5) is 0 Å². The van der Waals surface area contributed by atoms with Gasteiger partial charge in [0.15, 0.2) is 0 Å². The molecule has 146 valence electrons. The van der Waals surface area contributed by atoms with Crippen molar-refractivity contribution in [2.24, 2.45) is 0 Å². The number of likely N-dealkylation sites (tertiary alicyclic amines) is 1. The standard InChI is InChI=1S/C20H27N3O4/c1-2-26-17-13-15(9-10-16(17)14-24)20-21-18(27-22-20)7-6-8-19(25)23-11-4-3-5-12-23/h9-10,13,24H,2-8,11-12,14H2,1H3. The van der Waals surface area contributed by atoms with Crippen LogP contribution in [0.2, 0.25) is 0 Å². The second-order valence-electron chi connectivity index (χ2n) is 6.72. The van der Waals surface area contributed by atoms with Crippen LogP contribution in [0.1, 0.15) is 50.5 Å². The zero-order chi connectivity index (χ0) is 19.1. The van der Waals surface area contributed by atoms with Gasteiger partial charge in [-0.05, 0) is 38.7 Å². The third kappa shape index (κ3) is 5.07. The van der Waals surface area contributed by atoms with Crippen molar-refractivity contribution in [2.45, 2.75) is 52.1 Å². The van der Waals surface area contributed by atoms with Gasteiger partial charge in [0.2, 0.25) is 17.6 Å². The van der Waals surface area contributed by atoms with Gasteiger partial charge in [-0.1, -0.05) is 17.3 Å². The second-order valence-corrected chi connectivity index (χ2v) is 6.72. The van der Waals surface area contributed by atoms with Crippen LogP contribution in [0, 0.1) is 0 Å². The molecule has 2 aromatic rings. The maximum Gasteiger partial charge on any atom is 0.226 e. The Kier molecular flexibility index (Phi) is 6.81. The maximum absolute atomic E-state index is 12.2. The lowest BCUT2D eigenvalue weighted by atomic mass is 10.1. The van der Waals surface area contributed by atoms with Crippen molar-refractivity contribution in [3.63, 3.8) is 0 Å². The molecular formula is C20H27N3O4. The molecule has 1 N–H and O–H groups in total. The fourth-order valence-corrected chi connectivity index (χ4v) is 3.28. The van der Waals surface area contributed by atoms with Gasteiger partial charge in [0.25, 0.3) is 0 Å². The summed E-state index contributed by atoms with van der Waals surface area (Å²) in [6.45, 7) is 4.09. The number of rotatable bonds is 8. The van der Waals surface area contributed by atoms with E-state index in [2.05, 4.69) is 10.1 Å². The van der Waals surface area contributed by atoms with E-state index in [1.807, 2.05) is 24.0 Å². The molecule has 3 rings (SSSR count). The Morgan fingerprint density at radius 2 is 2.11 bits per heavy atom. The molecule has 0 atom stereocenters. The number of benzene rings is 1. The summed E-state index contributed by atoms with van der Waals surface area (Å²) in [5.41, 5.74) is 1.50. The Balaban J connectivity index is 1.56. The first kappa shape index (κ1) is 19.4. The third-order valence-electron chi connectivity index (χ3n) is 4.75. The molecule has 1 aliphatic rings. The van der Waals surface area contributed by atoms with Gasteiger partial charge in [0, 0.05) is 37.1 Å². The van der Waals surface area contributed by atoms with Crippen molar-refractivity contribution in [3.05, 3.63) is 29.7 Å². The van der Waals surface area contributed by atoms with Crippen LogP contribution in [0.25, 0.3) is 11.4 Å². The summed E-state index contributed by atoms with van der Waals surface area (Å²) >= 11 is 0. The van der Waals surface area contributed by atoms with E-state index in [4.69, 9.17) is 9.26 Å². The minimum Gasteiger partial charge on any atom is -0.493 e. The molecule has 1 aliphatic heterocycles. The number of nitrogens with zero attached hydrogens (tertiary/aromatic N) is 3. The number of carbonyl (C=O) groups is 1. The second kappa shape index (κ2) is 9.50. The molecule has 27 heavy (non-hydrogen) atoms. The minimum atomic E-state index is -0.0852. The maximum atomic E-state index is 12.2. The summed E-state index contributed by atoms with van der Waals surface area (Å²) < 4.78 is 10.9. The molecule has 0 radical (unpaired) electrons. The molecule has 1 aromatic carbocycles. The molecule has 0 unspecified atom stereocenters. The Morgan fingerprint density at radius 3 is 2.85 bits per heavy atom. The van der Waals surface area contributed by atoms with Crippen molar-refractivity contribution in [2.75, 3.05) is 19.7 Å². The zero-order valence-electron chi connectivity index (χ0n) is 15.8. The molecule has 1 aromatic heterocycles. The van der Waals surface area contributed by atoms with E-state index in [1.54, 1.807) is 6.07 Å². The SMILES string of the molecule is CCOc1cc(-c2noc(CCCC(=O)N3CCCCC3)n2)ccc1CO. The van der Waals surface area contributed by atoms with Crippen molar-refractivity contribution in [3.8, 4) is 17.1 Å². The summed E-state index contributed by atoms with van der Waals surface area (Å²) in [4.78, 5) is 18.6. The average Bonchev–Trinajstić information content (AvgIpc) is 3.18. The monoisotopic (exact) mass is 373 g/mol. The van der Waals surface area contributed by atoms with Crippen molar-refractivity contribution in [1.82, 2.24) is 15.0 Å². The Labute approximate surface area is 159 Å². The fraction of sp³-hybridized carbons (Fsp3) is 0.550. The van der Waals surface area contributed by atoms with Crippen LogP contribution in [0.5, 0.6) is 5.75 Å². The van der Waals surface area contributed by atoms with E-state index in [9.17, 15) is 9.90 Å². The van der Waals surface area contributed by atoms with Gasteiger partial charge in [-0.25, -0.2) is 0 Å². The van der Waals surface area contributed by atoms with Gasteiger partial charge in [-0.3, -0.25) is 4.79 Å². The van der Waals surface area contributed by atoms with Crippen LogP contribution < -0.4 is 4.74 Å². The summed E-state index contributed by atoms with van der Waals surface area (Å²) in [7, 11) is 0. The lowest BCUT2D eigenvalue weighted by Gasteiger charge is -2.26. The lowest BCUT2D eigenvalue weighted by Crippen LogP contribution is -2.35. The van der Waals surface area contributed by atoms with Crippen LogP contribution >= 0.6 is 0 Å². The van der Waals surface area contributed by atoms with E-state index in [0.29, 0.717) is 43.3 Å². The predicted molar refractivity (Wildman–Crippen MR) is 100 cm³/mol. The van der Waals surface area contributed by atoms with Gasteiger partial charge in [-0.15, -0.1) is 0 Å². The first-order valence-corrected chi connectivity index (χ1v) is 9.68. The lowest BCUT2D eigenvalue weighted by molar-refractivity contribution is -0.132. The molecule has 1 fully saturated rings. The molecule has 7 nitrogen and oxygen atoms in total. The third-order valence-corrected chi connectivity index (χ3v) is 4.75. The normalized spacial score (nSPS) is 14.4. The molecule has 1 amide bonds. The largest absolute Gasteiger partial charge is 0.493 e. The summed E-state index contributed by atoms with van der Waals surface area (Å²) in [5.74, 6) is 1.85. The highest BCUT2D eigenvalue weighted by molar-refractivity contribution is 5.76. The first-order valence-electron chi connectivity index (χ1n) is 9.68. The smallest absolute Gasteiger partial charge is 0.226 e. The number of hydrogen-bond acceptors (Lipinski definition) is 6. The van der Waals surface area contributed by atoms with Gasteiger partial charge in [0.05, 0.1) is 13.2 Å². The number of piperidine rings is 1. The number of aliphatic hydroxyl groups is 1. The molecule has 2 heterocycles. The van der Waals surface area contributed by atoms with Crippen molar-refractivity contribution < 1.29 is 19.2 Å². The van der Waals surface area contributed by atoms with Gasteiger partial charge in [0.1, 0.15) is 5.75 Å². The number of aromatic nitrogens is 2. The Morgan fingerprint density at radius 1 is 1.30 bits per heavy atom. The van der Waals surface area contributed by atoms with Crippen molar-refractivity contribution >= 4 is 5.91 Å². The number of carbonyl (C=O) groups excluding carboxylic acids is 1. The number of ether oxygens (including phenoxy) is 1. The van der Waals surface area contributed by atoms with Gasteiger partial charge in [-0.2, -0.15) is 4.98 Å². The van der Waals surface area contributed by atoms with E-state index < -0.39 is 0 Å². The van der Waals surface area contributed by atoms with Gasteiger partial charge >= 0.3 is 0 Å². The Hall–Kier alpha value is -2.41. The van der Waals surface area contributed by atoms with Crippen LogP contribution in [0.15, 0.2) is 22.7 Å². The zero-order valence-corrected chi connectivity index (χ0v) is 15.8. The van der Waals surface area contributed by atoms with Crippen LogP contribution in [-0.2, 0) is 17.8 Å². The summed E-state index contributed by atoms with van der Waals surface area (Å²) in [6.07, 6.45) is 5.23. The minimum absolute atomic E-state index is 0.0852. The average molecular weight is 373 g/mol. The summed E-state index contributed by atoms with van der Waals surface area (Å²) in [6, 6.07) is 5.44. The highest BCUT2D eigenvalue weighted by atomic mass is 16.5. The number of amides is 1. The molecule has 0 aliphatic carbocycles. The first-order chi connectivity index (χ1) is 13.2. The predicted octanol–water partition coefficient (Wildman–Crippen LogP) is 2.96. The molecule has 0 saturated carbocycles. The van der Waals surface area contributed by atoms with Crippen molar-refractivity contribution in [1.29, 1.82) is 0 Å². The van der Waals surface area contributed by atoms with E-state index in [-0.39, 0.29) is 12.5 Å². The number of aryl methyl sites for hydroxylation is 1. The fourth-order valence-electron chi connectivity index (χ4n) is 3.28. The summed E-state index contributed by atoms with van der Waals surface area (Å²) in [5, 5.41) is 13.4. The van der Waals surface area contributed by atoms with Gasteiger partial charge < -0.3 is 19.3 Å². The number of aliphatic hydroxyl groups excluding tert-OH is 1. The molecule has 7 heteroatoms. The highest BCUT2D eigenvalue weighted by Gasteiger charge is 2.17. The molecular weight excluding hydrogens is 346 g/mol. The molecule has 0 bridgehead atoms. The van der Waals surface area contributed by atoms with Crippen LogP contribution in [-0.4, -0.2) is 45.8 Å². The molecule has 1 saturated heterocycles. The van der Waals surface area contributed by atoms with E-state index >= 15 is 0 Å². The van der Waals surface area contributed by atoms with E-state index in [0.717, 1.165) is 37.1 Å². The van der Waals surface area contributed by atoms with E-state index in [1.165, 1.54) is 6.42 Å². The quantitative estimate of drug-likeness (QED) is 0.765. The molecule has 0 spiro atoms. The Bertz CT molecular complexity index is 753.